The molecule has 0 amide bonds. The second kappa shape index (κ2) is 26.3. The summed E-state index contributed by atoms with van der Waals surface area (Å²) < 4.78 is 5.20. The van der Waals surface area contributed by atoms with Crippen molar-refractivity contribution in [1.82, 2.24) is 4.57 Å². The fraction of sp³-hybridized carbons (Fsp3) is 0.0455. The largest absolute Gasteiger partial charge is 0.309 e. The van der Waals surface area contributed by atoms with E-state index in [1.807, 2.05) is 11.3 Å². The predicted octanol–water partition coefficient (Wildman–Crippen LogP) is 32.6. The number of thiophene rings is 1. The first kappa shape index (κ1) is 73.4. The van der Waals surface area contributed by atoms with E-state index in [0.717, 1.165) is 0 Å². The molecule has 0 saturated carbocycles. The van der Waals surface area contributed by atoms with Crippen LogP contribution in [0.15, 0.2) is 479 Å². The fourth-order valence-corrected chi connectivity index (χ4v) is 30.6. The number of hydrogen-bond donors (Lipinski definition) is 0. The Morgan fingerprint density at radius 1 is 0.142 bits per heavy atom. The van der Waals surface area contributed by atoms with Crippen LogP contribution in [-0.4, -0.2) is 4.57 Å². The Morgan fingerprint density at radius 2 is 0.373 bits per heavy atom. The molecule has 2 heteroatoms. The van der Waals surface area contributed by atoms with Gasteiger partial charge in [0.05, 0.1) is 49.2 Å². The Morgan fingerprint density at radius 3 is 0.724 bits per heavy atom. The normalized spacial score (nSPS) is 19.8. The van der Waals surface area contributed by atoms with Gasteiger partial charge < -0.3 is 4.57 Å². The molecule has 0 N–H and O–H groups in total. The lowest BCUT2D eigenvalue weighted by Crippen LogP contribution is -2.54. The number of para-hydroxylation sites is 2. The molecule has 24 aromatic rings. The molecular weight excluding hydrogens is 1630 g/mol. The lowest BCUT2D eigenvalue weighted by atomic mass is 9.43. The zero-order valence-corrected chi connectivity index (χ0v) is 73.8. The van der Waals surface area contributed by atoms with Crippen LogP contribution in [0.1, 0.15) is 100 Å². The summed E-state index contributed by atoms with van der Waals surface area (Å²) in [5.41, 5.74) is 45.1. The molecule has 0 saturated heterocycles. The van der Waals surface area contributed by atoms with Gasteiger partial charge in [0.25, 0.3) is 0 Å². The van der Waals surface area contributed by atoms with E-state index >= 15 is 0 Å². The highest BCUT2D eigenvalue weighted by Gasteiger charge is 2.72. The molecule has 22 aromatic carbocycles. The molecule has 134 heavy (non-hydrogen) atoms. The maximum atomic E-state index is 2.50. The molecule has 0 spiro atoms. The minimum atomic E-state index is -0.468. The van der Waals surface area contributed by atoms with Crippen molar-refractivity contribution in [3.05, 3.63) is 579 Å². The van der Waals surface area contributed by atoms with Crippen LogP contribution in [0, 0.1) is 0 Å². The van der Waals surface area contributed by atoms with Crippen LogP contribution < -0.4 is 0 Å². The summed E-state index contributed by atoms with van der Waals surface area (Å²) in [7, 11) is 0. The van der Waals surface area contributed by atoms with Crippen molar-refractivity contribution in [3.63, 3.8) is 0 Å². The average Bonchev–Trinajstić information content (AvgIpc) is 1.45. The number of benzene rings is 22. The molecule has 1 nitrogen and oxygen atoms in total. The molecule has 618 valence electrons. The van der Waals surface area contributed by atoms with Crippen LogP contribution >= 0.6 is 11.3 Å². The lowest BCUT2D eigenvalue weighted by Gasteiger charge is -2.56. The summed E-state index contributed by atoms with van der Waals surface area (Å²) >= 11 is 1.92. The molecule has 0 fully saturated rings. The van der Waals surface area contributed by atoms with E-state index in [1.165, 1.54) is 258 Å². The number of nitrogens with zero attached hydrogens (tertiary/aromatic N) is 1. The summed E-state index contributed by atoms with van der Waals surface area (Å²) in [6, 6.07) is 182. The van der Waals surface area contributed by atoms with Gasteiger partial charge in [-0.2, -0.15) is 0 Å². The van der Waals surface area contributed by atoms with Crippen LogP contribution in [0.4, 0.5) is 0 Å². The Kier molecular flexibility index (Phi) is 14.4. The third-order valence-electron chi connectivity index (χ3n) is 33.3. The van der Waals surface area contributed by atoms with Gasteiger partial charge in [-0.25, -0.2) is 0 Å². The average molecular weight is 1710 g/mol. The smallest absolute Gasteiger partial charge is 0.0648 e. The first-order chi connectivity index (χ1) is 66.6. The number of aromatic nitrogens is 1. The van der Waals surface area contributed by atoms with Gasteiger partial charge in [0.15, 0.2) is 0 Å². The number of fused-ring (bicyclic) bond motifs is 24. The van der Waals surface area contributed by atoms with Crippen LogP contribution in [0.3, 0.4) is 0 Å². The molecule has 0 bridgehead atoms. The van der Waals surface area contributed by atoms with Crippen LogP contribution in [-0.2, 0) is 32.5 Å². The summed E-state index contributed by atoms with van der Waals surface area (Å²) in [6.07, 6.45) is 0. The Hall–Kier alpha value is -16.4. The van der Waals surface area contributed by atoms with Crippen molar-refractivity contribution in [2.75, 3.05) is 0 Å². The molecule has 9 aliphatic rings. The molecule has 33 rings (SSSR count). The maximum Gasteiger partial charge on any atom is 0.0648 e. The summed E-state index contributed by atoms with van der Waals surface area (Å²) in [5.74, 6) is 0. The van der Waals surface area contributed by atoms with E-state index in [0.29, 0.717) is 0 Å². The molecule has 0 unspecified atom stereocenters. The topological polar surface area (TPSA) is 4.93 Å². The minimum Gasteiger partial charge on any atom is -0.309 e. The Balaban J connectivity index is 0.0000000954. The molecular formula is C132H79NS. The van der Waals surface area contributed by atoms with E-state index in [9.17, 15) is 0 Å². The van der Waals surface area contributed by atoms with Crippen LogP contribution in [0.25, 0.3) is 158 Å². The van der Waals surface area contributed by atoms with Crippen molar-refractivity contribution in [1.29, 1.82) is 0 Å². The van der Waals surface area contributed by atoms with Crippen LogP contribution in [0.5, 0.6) is 0 Å². The van der Waals surface area contributed by atoms with Gasteiger partial charge in [-0.1, -0.05) is 455 Å². The van der Waals surface area contributed by atoms with Gasteiger partial charge in [-0.3, -0.25) is 0 Å². The number of rotatable bonds is 2. The Bertz CT molecular complexity index is 8720. The zero-order chi connectivity index (χ0) is 87.3. The monoisotopic (exact) mass is 1710 g/mol. The third-order valence-corrected chi connectivity index (χ3v) is 34.5. The fourth-order valence-electron chi connectivity index (χ4n) is 29.4. The summed E-state index contributed by atoms with van der Waals surface area (Å²) in [4.78, 5) is 0. The van der Waals surface area contributed by atoms with Gasteiger partial charge in [0, 0.05) is 41.9 Å². The van der Waals surface area contributed by atoms with Crippen molar-refractivity contribution >= 4 is 85.6 Å². The highest BCUT2D eigenvalue weighted by Crippen LogP contribution is 2.79. The standard InChI is InChI=1S/C48H29N.C48H28S.C36H22/c1-7-21-37-30(14-1)32-16-3-9-23-39(32)48-40-24-10-4-17-33(40)31-15-2-8-22-38(31)47(37,48)41-25-13-20-36-45(29-28-42(48)46(36)41)49-43-26-11-5-18-34(43)35-19-6-12-27-44(35)49;1-6-21-38-30(13-1)32-15-3-8-23-40(32)48-41-24-9-4-16-33(41)31-14-2-7-22-39(31)47(38,48)42-25-12-18-35-29(27-28-43(48)45(35)42)36-19-11-20-37-34-17-5-10-26-44(34)49-46(36)37;1-5-17-28-24(13-1)25-14-2-6-18-29(25)36-31-20-8-4-16-27(31)26-15-3-7-19-30(26)35(28,36)32-21-9-11-23-12-10-22-33(36)34(23)32/h1-29H;1-28H;1-22H. The summed E-state index contributed by atoms with van der Waals surface area (Å²) in [6.45, 7) is 0. The quantitative estimate of drug-likeness (QED) is 0.163. The molecule has 2 heterocycles. The molecule has 0 aliphatic heterocycles. The lowest BCUT2D eigenvalue weighted by molar-refractivity contribution is 0.432. The van der Waals surface area contributed by atoms with Crippen molar-refractivity contribution in [2.45, 2.75) is 32.5 Å². The van der Waals surface area contributed by atoms with Gasteiger partial charge in [0.2, 0.25) is 0 Å². The minimum absolute atomic E-state index is 0.355. The second-order valence-electron chi connectivity index (χ2n) is 38.2. The summed E-state index contributed by atoms with van der Waals surface area (Å²) in [5, 5.41) is 13.4. The molecule has 9 aliphatic carbocycles. The molecule has 2 aromatic heterocycles. The van der Waals surface area contributed by atoms with Crippen molar-refractivity contribution in [2.24, 2.45) is 0 Å². The van der Waals surface area contributed by atoms with Crippen LogP contribution in [0.2, 0.25) is 0 Å². The van der Waals surface area contributed by atoms with Gasteiger partial charge in [-0.05, 0) is 224 Å². The van der Waals surface area contributed by atoms with Crippen molar-refractivity contribution in [3.8, 4) is 83.6 Å². The zero-order valence-electron chi connectivity index (χ0n) is 73.0. The maximum absolute atomic E-state index is 2.50. The molecule has 0 radical (unpaired) electrons. The van der Waals surface area contributed by atoms with E-state index in [4.69, 9.17) is 0 Å². The van der Waals surface area contributed by atoms with E-state index in [1.54, 1.807) is 0 Å². The van der Waals surface area contributed by atoms with Crippen molar-refractivity contribution < 1.29 is 0 Å². The first-order valence-electron chi connectivity index (χ1n) is 47.3. The van der Waals surface area contributed by atoms with E-state index in [-0.39, 0.29) is 10.8 Å². The SMILES string of the molecule is c1ccc2c(c1)-c1ccccc1C13c4ccccc4-c4ccccc4C21c1cccc2c(-c4cccc5c4sc4ccccc45)ccc3c12.c1ccc2c(c1)-c1ccccc1C13c4ccccc4-c4ccccc4C21c1cccc2c(-n4c5ccccc5c5ccccc54)ccc3c12.c1ccc2c(c1)-c1ccccc1C13c4ccccc4-c4ccccc4C21c1cccc2cccc3c12. The van der Waals surface area contributed by atoms with Gasteiger partial charge in [0.1, 0.15) is 0 Å². The number of hydrogen-bond acceptors (Lipinski definition) is 1. The molecule has 0 atom stereocenters. The first-order valence-corrected chi connectivity index (χ1v) is 48.1. The second-order valence-corrected chi connectivity index (χ2v) is 39.2. The Labute approximate surface area is 779 Å². The van der Waals surface area contributed by atoms with E-state index in [2.05, 4.69) is 484 Å². The predicted molar refractivity (Wildman–Crippen MR) is 555 cm³/mol. The van der Waals surface area contributed by atoms with Gasteiger partial charge >= 0.3 is 0 Å². The highest BCUT2D eigenvalue weighted by molar-refractivity contribution is 7.26. The highest BCUT2D eigenvalue weighted by atomic mass is 32.1. The third kappa shape index (κ3) is 8.31. The van der Waals surface area contributed by atoms with E-state index < -0.39 is 21.7 Å². The van der Waals surface area contributed by atoms with Gasteiger partial charge in [-0.15, -0.1) is 11.3 Å².